The second-order valence-corrected chi connectivity index (χ2v) is 7.88. The highest BCUT2D eigenvalue weighted by Gasteiger charge is 2.16. The molecule has 0 radical (unpaired) electrons. The topological polar surface area (TPSA) is 69.9 Å². The Kier molecular flexibility index (Phi) is 5.67. The summed E-state index contributed by atoms with van der Waals surface area (Å²) in [7, 11) is 1.57. The van der Waals surface area contributed by atoms with Crippen LogP contribution in [0.5, 0.6) is 17.2 Å². The van der Waals surface area contributed by atoms with Crippen molar-refractivity contribution in [2.45, 2.75) is 6.92 Å². The quantitative estimate of drug-likeness (QED) is 0.367. The van der Waals surface area contributed by atoms with E-state index in [1.807, 2.05) is 13.0 Å². The summed E-state index contributed by atoms with van der Waals surface area (Å²) in [5.41, 5.74) is 4.35. The summed E-state index contributed by atoms with van der Waals surface area (Å²) >= 11 is 0. The van der Waals surface area contributed by atoms with Crippen molar-refractivity contribution in [1.82, 2.24) is 0 Å². The lowest BCUT2D eigenvalue weighted by Crippen LogP contribution is -2.16. The van der Waals surface area contributed by atoms with Gasteiger partial charge in [-0.1, -0.05) is 12.1 Å². The zero-order valence-corrected chi connectivity index (χ0v) is 18.7. The smallest absolute Gasteiger partial charge is 0.248 e. The highest BCUT2D eigenvalue weighted by Crippen LogP contribution is 2.37. The van der Waals surface area contributed by atoms with Crippen LogP contribution in [-0.4, -0.2) is 26.2 Å². The summed E-state index contributed by atoms with van der Waals surface area (Å²) in [4.78, 5) is 12.7. The van der Waals surface area contributed by atoms with Crippen molar-refractivity contribution in [2.75, 3.05) is 25.6 Å². The first-order valence-electron chi connectivity index (χ1n) is 10.8. The monoisotopic (exact) mass is 459 g/mol. The fourth-order valence-electron chi connectivity index (χ4n) is 3.96. The first-order chi connectivity index (χ1) is 16.5. The fourth-order valence-corrected chi connectivity index (χ4v) is 3.96. The number of carbonyl (C=O) groups excluding carboxylic acids is 1. The number of hydrogen-bond donors (Lipinski definition) is 1. The summed E-state index contributed by atoms with van der Waals surface area (Å²) < 4.78 is 35.7. The van der Waals surface area contributed by atoms with E-state index in [0.717, 1.165) is 22.1 Å². The molecule has 172 valence electrons. The third-order valence-electron chi connectivity index (χ3n) is 5.63. The number of furan rings is 1. The molecule has 1 aliphatic heterocycles. The van der Waals surface area contributed by atoms with E-state index in [0.29, 0.717) is 47.3 Å². The van der Waals surface area contributed by atoms with Crippen LogP contribution in [0, 0.1) is 5.82 Å². The van der Waals surface area contributed by atoms with Gasteiger partial charge in [0.2, 0.25) is 5.91 Å². The minimum atomic E-state index is -0.304. The van der Waals surface area contributed by atoms with Crippen LogP contribution in [0.1, 0.15) is 12.5 Å². The molecule has 0 fully saturated rings. The number of benzene rings is 3. The van der Waals surface area contributed by atoms with E-state index in [2.05, 4.69) is 5.32 Å². The molecule has 4 aromatic rings. The first-order valence-corrected chi connectivity index (χ1v) is 10.8. The lowest BCUT2D eigenvalue weighted by molar-refractivity contribution is -0.111. The average Bonchev–Trinajstić information content (AvgIpc) is 3.26. The number of carbonyl (C=O) groups is 1. The SMILES string of the molecule is COc1cc2occ(-c3ccc(F)cc3)c2cc1/C(C)=C/C(=O)Nc1ccc2c(c1)OCCO2. The van der Waals surface area contributed by atoms with Crippen LogP contribution in [0.25, 0.3) is 27.7 Å². The van der Waals surface area contributed by atoms with Gasteiger partial charge in [0.15, 0.2) is 11.5 Å². The van der Waals surface area contributed by atoms with Gasteiger partial charge < -0.3 is 23.9 Å². The van der Waals surface area contributed by atoms with Crippen molar-refractivity contribution < 1.29 is 27.8 Å². The number of anilines is 1. The number of fused-ring (bicyclic) bond motifs is 2. The maximum Gasteiger partial charge on any atom is 0.248 e. The predicted molar refractivity (Wildman–Crippen MR) is 128 cm³/mol. The van der Waals surface area contributed by atoms with E-state index in [1.165, 1.54) is 18.2 Å². The molecule has 0 spiro atoms. The number of hydrogen-bond acceptors (Lipinski definition) is 5. The Morgan fingerprint density at radius 1 is 1.03 bits per heavy atom. The maximum absolute atomic E-state index is 13.4. The van der Waals surface area contributed by atoms with Gasteiger partial charge in [-0.3, -0.25) is 4.79 Å². The zero-order chi connectivity index (χ0) is 23.7. The lowest BCUT2D eigenvalue weighted by Gasteiger charge is -2.18. The Morgan fingerprint density at radius 2 is 1.79 bits per heavy atom. The van der Waals surface area contributed by atoms with Gasteiger partial charge in [0.05, 0.1) is 13.4 Å². The van der Waals surface area contributed by atoms with Crippen LogP contribution < -0.4 is 19.5 Å². The van der Waals surface area contributed by atoms with Crippen LogP contribution in [0.15, 0.2) is 71.4 Å². The molecule has 1 N–H and O–H groups in total. The van der Waals surface area contributed by atoms with Crippen molar-refractivity contribution in [3.63, 3.8) is 0 Å². The molecule has 0 atom stereocenters. The molecule has 2 heterocycles. The number of nitrogens with one attached hydrogen (secondary N) is 1. The van der Waals surface area contributed by atoms with E-state index >= 15 is 0 Å². The van der Waals surface area contributed by atoms with E-state index in [1.54, 1.807) is 49.8 Å². The number of halogens is 1. The van der Waals surface area contributed by atoms with Crippen LogP contribution >= 0.6 is 0 Å². The highest BCUT2D eigenvalue weighted by molar-refractivity contribution is 6.05. The number of allylic oxidation sites excluding steroid dienone is 1. The van der Waals surface area contributed by atoms with Gasteiger partial charge in [0.1, 0.15) is 30.4 Å². The molecule has 0 bridgehead atoms. The van der Waals surface area contributed by atoms with Gasteiger partial charge >= 0.3 is 0 Å². The van der Waals surface area contributed by atoms with Gasteiger partial charge in [-0.2, -0.15) is 0 Å². The number of rotatable bonds is 5. The molecule has 0 unspecified atom stereocenters. The van der Waals surface area contributed by atoms with Gasteiger partial charge in [0, 0.05) is 40.4 Å². The number of ether oxygens (including phenoxy) is 3. The van der Waals surface area contributed by atoms with E-state index in [4.69, 9.17) is 18.6 Å². The standard InChI is InChI=1S/C27H22FNO5/c1-16(11-27(30)29-19-7-8-23-26(12-19)33-10-9-32-23)20-13-21-22(17-3-5-18(28)6-4-17)15-34-25(21)14-24(20)31-2/h3-8,11-15H,9-10H2,1-2H3,(H,29,30)/b16-11+. The van der Waals surface area contributed by atoms with E-state index < -0.39 is 0 Å². The Hall–Kier alpha value is -4.26. The summed E-state index contributed by atoms with van der Waals surface area (Å²) in [6.45, 7) is 2.82. The summed E-state index contributed by atoms with van der Waals surface area (Å²) in [5, 5.41) is 3.69. The molecule has 6 nitrogen and oxygen atoms in total. The molecule has 1 aromatic heterocycles. The minimum absolute atomic E-state index is 0.290. The summed E-state index contributed by atoms with van der Waals surface area (Å²) in [5.74, 6) is 1.24. The minimum Gasteiger partial charge on any atom is -0.496 e. The van der Waals surface area contributed by atoms with Crippen molar-refractivity contribution >= 4 is 28.1 Å². The van der Waals surface area contributed by atoms with Crippen molar-refractivity contribution in [3.8, 4) is 28.4 Å². The predicted octanol–water partition coefficient (Wildman–Crippen LogP) is 6.06. The zero-order valence-electron chi connectivity index (χ0n) is 18.7. The molecular formula is C27H22FNO5. The Morgan fingerprint density at radius 3 is 2.56 bits per heavy atom. The molecule has 0 aliphatic carbocycles. The van der Waals surface area contributed by atoms with E-state index in [9.17, 15) is 9.18 Å². The fraction of sp³-hybridized carbons (Fsp3) is 0.148. The highest BCUT2D eigenvalue weighted by atomic mass is 19.1. The van der Waals surface area contributed by atoms with E-state index in [-0.39, 0.29) is 11.7 Å². The Labute approximate surface area is 195 Å². The molecule has 5 rings (SSSR count). The maximum atomic E-state index is 13.4. The number of methoxy groups -OCH3 is 1. The van der Waals surface area contributed by atoms with Crippen molar-refractivity contribution in [3.05, 3.63) is 78.3 Å². The third kappa shape index (κ3) is 4.20. The van der Waals surface area contributed by atoms with Gasteiger partial charge in [-0.15, -0.1) is 0 Å². The summed E-state index contributed by atoms with van der Waals surface area (Å²) in [6.07, 6.45) is 3.15. The third-order valence-corrected chi connectivity index (χ3v) is 5.63. The molecular weight excluding hydrogens is 437 g/mol. The van der Waals surface area contributed by atoms with Crippen molar-refractivity contribution in [2.24, 2.45) is 0 Å². The second-order valence-electron chi connectivity index (χ2n) is 7.88. The molecule has 1 amide bonds. The largest absolute Gasteiger partial charge is 0.496 e. The second kappa shape index (κ2) is 8.94. The van der Waals surface area contributed by atoms with Crippen LogP contribution in [0.3, 0.4) is 0 Å². The first kappa shape index (κ1) is 21.6. The van der Waals surface area contributed by atoms with Gasteiger partial charge in [-0.05, 0) is 48.4 Å². The van der Waals surface area contributed by atoms with Crippen LogP contribution in [0.4, 0.5) is 10.1 Å². The molecule has 0 saturated heterocycles. The molecule has 0 saturated carbocycles. The average molecular weight is 459 g/mol. The number of amides is 1. The Balaban J connectivity index is 1.45. The lowest BCUT2D eigenvalue weighted by atomic mass is 9.99. The Bertz CT molecular complexity index is 1400. The summed E-state index contributed by atoms with van der Waals surface area (Å²) in [6, 6.07) is 15.2. The van der Waals surface area contributed by atoms with Crippen LogP contribution in [-0.2, 0) is 4.79 Å². The molecule has 7 heteroatoms. The molecule has 34 heavy (non-hydrogen) atoms. The van der Waals surface area contributed by atoms with Gasteiger partial charge in [-0.25, -0.2) is 4.39 Å². The van der Waals surface area contributed by atoms with Gasteiger partial charge in [0.25, 0.3) is 0 Å². The molecule has 3 aromatic carbocycles. The van der Waals surface area contributed by atoms with Crippen LogP contribution in [0.2, 0.25) is 0 Å². The van der Waals surface area contributed by atoms with Crippen molar-refractivity contribution in [1.29, 1.82) is 0 Å². The molecule has 1 aliphatic rings. The normalized spacial score (nSPS) is 13.1.